The normalized spacial score (nSPS) is 11.9. The van der Waals surface area contributed by atoms with E-state index in [2.05, 4.69) is 15.5 Å². The SMILES string of the molecule is Cc1ccc(NC(Cc2nc(-c3ccccc3)no2)C(N)=O)cc1. The van der Waals surface area contributed by atoms with Crippen LogP contribution >= 0.6 is 0 Å². The van der Waals surface area contributed by atoms with Gasteiger partial charge in [0.15, 0.2) is 0 Å². The van der Waals surface area contributed by atoms with Gasteiger partial charge in [-0.25, -0.2) is 0 Å². The number of carbonyl (C=O) groups excluding carboxylic acids is 1. The van der Waals surface area contributed by atoms with Crippen LogP contribution in [0.15, 0.2) is 59.1 Å². The summed E-state index contributed by atoms with van der Waals surface area (Å²) in [7, 11) is 0. The zero-order chi connectivity index (χ0) is 16.9. The van der Waals surface area contributed by atoms with Crippen LogP contribution in [-0.2, 0) is 11.2 Å². The third-order valence-corrected chi connectivity index (χ3v) is 3.61. The molecule has 1 heterocycles. The van der Waals surface area contributed by atoms with E-state index in [1.807, 2.05) is 61.5 Å². The molecule has 6 nitrogen and oxygen atoms in total. The van der Waals surface area contributed by atoms with E-state index in [0.717, 1.165) is 16.8 Å². The predicted octanol–water partition coefficient (Wildman–Crippen LogP) is 2.55. The van der Waals surface area contributed by atoms with E-state index >= 15 is 0 Å². The van der Waals surface area contributed by atoms with E-state index in [1.54, 1.807) is 0 Å². The molecule has 0 aliphatic carbocycles. The predicted molar refractivity (Wildman–Crippen MR) is 91.2 cm³/mol. The van der Waals surface area contributed by atoms with Gasteiger partial charge in [0.2, 0.25) is 17.6 Å². The first kappa shape index (κ1) is 15.7. The molecule has 6 heteroatoms. The Kier molecular flexibility index (Phi) is 4.56. The Morgan fingerprint density at radius 3 is 2.54 bits per heavy atom. The molecule has 2 aromatic carbocycles. The minimum atomic E-state index is -0.628. The van der Waals surface area contributed by atoms with Crippen molar-refractivity contribution >= 4 is 11.6 Å². The Morgan fingerprint density at radius 1 is 1.17 bits per heavy atom. The number of hydrogen-bond donors (Lipinski definition) is 2. The number of benzene rings is 2. The van der Waals surface area contributed by atoms with Crippen LogP contribution in [0.2, 0.25) is 0 Å². The molecule has 0 spiro atoms. The lowest BCUT2D eigenvalue weighted by Gasteiger charge is -2.14. The van der Waals surface area contributed by atoms with Crippen LogP contribution in [0.1, 0.15) is 11.5 Å². The Labute approximate surface area is 139 Å². The van der Waals surface area contributed by atoms with Crippen molar-refractivity contribution in [3.8, 4) is 11.4 Å². The quantitative estimate of drug-likeness (QED) is 0.727. The van der Waals surface area contributed by atoms with Crippen molar-refractivity contribution in [1.29, 1.82) is 0 Å². The van der Waals surface area contributed by atoms with Crippen molar-refractivity contribution in [3.63, 3.8) is 0 Å². The summed E-state index contributed by atoms with van der Waals surface area (Å²) in [6.45, 7) is 2.00. The van der Waals surface area contributed by atoms with Crippen LogP contribution in [0.5, 0.6) is 0 Å². The van der Waals surface area contributed by atoms with Crippen LogP contribution in [0.25, 0.3) is 11.4 Å². The molecule has 0 aliphatic heterocycles. The molecule has 0 saturated heterocycles. The first-order chi connectivity index (χ1) is 11.6. The number of nitrogens with one attached hydrogen (secondary N) is 1. The number of aryl methyl sites for hydroxylation is 1. The van der Waals surface area contributed by atoms with Gasteiger partial charge >= 0.3 is 0 Å². The van der Waals surface area contributed by atoms with Gasteiger partial charge in [-0.3, -0.25) is 4.79 Å². The summed E-state index contributed by atoms with van der Waals surface area (Å²) in [5.41, 5.74) is 8.30. The molecule has 122 valence electrons. The van der Waals surface area contributed by atoms with Crippen molar-refractivity contribution in [2.45, 2.75) is 19.4 Å². The number of rotatable bonds is 6. The molecule has 3 N–H and O–H groups in total. The molecular formula is C18H18N4O2. The van der Waals surface area contributed by atoms with E-state index in [9.17, 15) is 4.79 Å². The highest BCUT2D eigenvalue weighted by Crippen LogP contribution is 2.17. The molecule has 24 heavy (non-hydrogen) atoms. The van der Waals surface area contributed by atoms with Gasteiger partial charge in [0.05, 0.1) is 6.42 Å². The maximum Gasteiger partial charge on any atom is 0.240 e. The lowest BCUT2D eigenvalue weighted by Crippen LogP contribution is -2.37. The summed E-state index contributed by atoms with van der Waals surface area (Å²) < 4.78 is 5.25. The monoisotopic (exact) mass is 322 g/mol. The first-order valence-corrected chi connectivity index (χ1v) is 7.62. The molecule has 1 aromatic heterocycles. The fourth-order valence-electron chi connectivity index (χ4n) is 2.29. The number of amides is 1. The summed E-state index contributed by atoms with van der Waals surface area (Å²) >= 11 is 0. The molecule has 0 bridgehead atoms. The number of nitrogens with two attached hydrogens (primary N) is 1. The number of hydrogen-bond acceptors (Lipinski definition) is 5. The summed E-state index contributed by atoms with van der Waals surface area (Å²) in [6, 6.07) is 16.6. The van der Waals surface area contributed by atoms with Gasteiger partial charge < -0.3 is 15.6 Å². The van der Waals surface area contributed by atoms with E-state index < -0.39 is 11.9 Å². The molecule has 1 atom stereocenters. The van der Waals surface area contributed by atoms with Gasteiger partial charge in [0, 0.05) is 11.3 Å². The molecule has 0 aliphatic rings. The summed E-state index contributed by atoms with van der Waals surface area (Å²) in [4.78, 5) is 16.1. The average Bonchev–Trinajstić information content (AvgIpc) is 3.05. The molecule has 0 saturated carbocycles. The molecule has 0 radical (unpaired) electrons. The molecule has 3 aromatic rings. The topological polar surface area (TPSA) is 94.0 Å². The van der Waals surface area contributed by atoms with Gasteiger partial charge in [-0.15, -0.1) is 0 Å². The van der Waals surface area contributed by atoms with Gasteiger partial charge in [0.25, 0.3) is 0 Å². The second-order valence-electron chi connectivity index (χ2n) is 5.55. The summed E-state index contributed by atoms with van der Waals surface area (Å²) in [6.07, 6.45) is 0.225. The molecule has 3 rings (SSSR count). The third-order valence-electron chi connectivity index (χ3n) is 3.61. The third kappa shape index (κ3) is 3.78. The van der Waals surface area contributed by atoms with Crippen LogP contribution < -0.4 is 11.1 Å². The lowest BCUT2D eigenvalue weighted by atomic mass is 10.1. The van der Waals surface area contributed by atoms with Crippen LogP contribution in [-0.4, -0.2) is 22.1 Å². The fourth-order valence-corrected chi connectivity index (χ4v) is 2.29. The number of anilines is 1. The van der Waals surface area contributed by atoms with Gasteiger partial charge in [-0.1, -0.05) is 53.2 Å². The second kappa shape index (κ2) is 6.95. The van der Waals surface area contributed by atoms with Crippen LogP contribution in [0.4, 0.5) is 5.69 Å². The molecule has 1 amide bonds. The fraction of sp³-hybridized carbons (Fsp3) is 0.167. The van der Waals surface area contributed by atoms with Crippen molar-refractivity contribution in [2.24, 2.45) is 5.73 Å². The van der Waals surface area contributed by atoms with Gasteiger partial charge in [-0.05, 0) is 19.1 Å². The van der Waals surface area contributed by atoms with Crippen LogP contribution in [0, 0.1) is 6.92 Å². The highest BCUT2D eigenvalue weighted by molar-refractivity contribution is 5.83. The largest absolute Gasteiger partial charge is 0.373 e. The van der Waals surface area contributed by atoms with Crippen LogP contribution in [0.3, 0.4) is 0 Å². The zero-order valence-corrected chi connectivity index (χ0v) is 13.3. The minimum Gasteiger partial charge on any atom is -0.373 e. The number of aromatic nitrogens is 2. The van der Waals surface area contributed by atoms with Gasteiger partial charge in [0.1, 0.15) is 6.04 Å². The molecular weight excluding hydrogens is 304 g/mol. The number of carbonyl (C=O) groups is 1. The maximum absolute atomic E-state index is 11.7. The number of nitrogens with zero attached hydrogens (tertiary/aromatic N) is 2. The lowest BCUT2D eigenvalue weighted by molar-refractivity contribution is -0.118. The Morgan fingerprint density at radius 2 is 1.88 bits per heavy atom. The average molecular weight is 322 g/mol. The summed E-state index contributed by atoms with van der Waals surface area (Å²) in [5.74, 6) is 0.372. The Hall–Kier alpha value is -3.15. The minimum absolute atomic E-state index is 0.225. The first-order valence-electron chi connectivity index (χ1n) is 7.62. The van der Waals surface area contributed by atoms with Crippen molar-refractivity contribution in [1.82, 2.24) is 10.1 Å². The summed E-state index contributed by atoms with van der Waals surface area (Å²) in [5, 5.41) is 7.05. The van der Waals surface area contributed by atoms with E-state index in [4.69, 9.17) is 10.3 Å². The van der Waals surface area contributed by atoms with Crippen molar-refractivity contribution in [3.05, 3.63) is 66.1 Å². The second-order valence-corrected chi connectivity index (χ2v) is 5.55. The van der Waals surface area contributed by atoms with Crippen molar-refractivity contribution in [2.75, 3.05) is 5.32 Å². The standard InChI is InChI=1S/C18H18N4O2/c1-12-7-9-14(10-8-12)20-15(17(19)23)11-16-21-18(22-24-16)13-5-3-2-4-6-13/h2-10,15,20H,11H2,1H3,(H2,19,23). The molecule has 0 fully saturated rings. The Bertz CT molecular complexity index is 813. The van der Waals surface area contributed by atoms with E-state index in [0.29, 0.717) is 11.7 Å². The van der Waals surface area contributed by atoms with E-state index in [1.165, 1.54) is 0 Å². The maximum atomic E-state index is 11.7. The van der Waals surface area contributed by atoms with Crippen molar-refractivity contribution < 1.29 is 9.32 Å². The highest BCUT2D eigenvalue weighted by atomic mass is 16.5. The Balaban J connectivity index is 1.73. The van der Waals surface area contributed by atoms with E-state index in [-0.39, 0.29) is 6.42 Å². The highest BCUT2D eigenvalue weighted by Gasteiger charge is 2.20. The zero-order valence-electron chi connectivity index (χ0n) is 13.3. The molecule has 1 unspecified atom stereocenters. The number of primary amides is 1. The smallest absolute Gasteiger partial charge is 0.240 e. The van der Waals surface area contributed by atoms with Gasteiger partial charge in [-0.2, -0.15) is 4.98 Å².